The van der Waals surface area contributed by atoms with Gasteiger partial charge in [-0.15, -0.1) is 0 Å². The molecule has 7 heteroatoms. The van der Waals surface area contributed by atoms with Crippen molar-refractivity contribution in [2.24, 2.45) is 0 Å². The monoisotopic (exact) mass is 265 g/mol. The third kappa shape index (κ3) is 2.93. The van der Waals surface area contributed by atoms with Crippen LogP contribution in [-0.4, -0.2) is 53.2 Å². The van der Waals surface area contributed by atoms with Crippen molar-refractivity contribution in [1.82, 2.24) is 15.2 Å². The summed E-state index contributed by atoms with van der Waals surface area (Å²) in [5, 5.41) is 12.2. The van der Waals surface area contributed by atoms with Crippen molar-refractivity contribution in [1.29, 1.82) is 0 Å². The van der Waals surface area contributed by atoms with E-state index in [1.165, 1.54) is 25.6 Å². The minimum absolute atomic E-state index is 0.125. The number of hydrogen-bond donors (Lipinski definition) is 2. The molecule has 0 radical (unpaired) electrons. The Hall–Kier alpha value is -2.31. The Balaban J connectivity index is 1.99. The van der Waals surface area contributed by atoms with Gasteiger partial charge in [-0.05, 0) is 12.5 Å². The number of nitrogens with one attached hydrogen (secondary N) is 1. The van der Waals surface area contributed by atoms with E-state index in [9.17, 15) is 14.7 Å². The summed E-state index contributed by atoms with van der Waals surface area (Å²) in [6.07, 6.45) is 2.83. The fourth-order valence-electron chi connectivity index (χ4n) is 2.03. The lowest BCUT2D eigenvalue weighted by Crippen LogP contribution is -2.38. The number of hydrogen-bond acceptors (Lipinski definition) is 5. The molecule has 0 saturated carbocycles. The summed E-state index contributed by atoms with van der Waals surface area (Å²) in [5.41, 5.74) is 0.216. The second-order valence-electron chi connectivity index (χ2n) is 4.27. The lowest BCUT2D eigenvalue weighted by atomic mass is 10.2. The summed E-state index contributed by atoms with van der Waals surface area (Å²) < 4.78 is 4.51. The molecule has 0 spiro atoms. The first-order valence-corrected chi connectivity index (χ1v) is 5.88. The largest absolute Gasteiger partial charge is 0.505 e. The molecule has 1 aliphatic heterocycles. The van der Waals surface area contributed by atoms with Crippen molar-refractivity contribution in [2.75, 3.05) is 20.2 Å². The van der Waals surface area contributed by atoms with Crippen LogP contribution in [-0.2, 0) is 4.74 Å². The van der Waals surface area contributed by atoms with Gasteiger partial charge in [-0.1, -0.05) is 0 Å². The van der Waals surface area contributed by atoms with E-state index in [0.717, 1.165) is 0 Å². The van der Waals surface area contributed by atoms with Crippen LogP contribution in [0.25, 0.3) is 0 Å². The average molecular weight is 265 g/mol. The first kappa shape index (κ1) is 13.1. The lowest BCUT2D eigenvalue weighted by molar-refractivity contribution is 0.0785. The molecule has 2 rings (SSSR count). The maximum Gasteiger partial charge on any atom is 0.407 e. The van der Waals surface area contributed by atoms with E-state index in [4.69, 9.17) is 0 Å². The van der Waals surface area contributed by atoms with E-state index in [1.54, 1.807) is 4.90 Å². The number of alkyl carbamates (subject to hydrolysis) is 1. The quantitative estimate of drug-likeness (QED) is 0.805. The number of nitrogens with zero attached hydrogens (tertiary/aromatic N) is 2. The van der Waals surface area contributed by atoms with E-state index in [-0.39, 0.29) is 23.3 Å². The van der Waals surface area contributed by atoms with E-state index < -0.39 is 6.09 Å². The smallest absolute Gasteiger partial charge is 0.407 e. The molecule has 0 aliphatic carbocycles. The molecular weight excluding hydrogens is 250 g/mol. The van der Waals surface area contributed by atoms with Crippen molar-refractivity contribution in [3.05, 3.63) is 24.0 Å². The maximum atomic E-state index is 12.2. The van der Waals surface area contributed by atoms with Crippen LogP contribution in [0.5, 0.6) is 5.75 Å². The number of pyridine rings is 1. The van der Waals surface area contributed by atoms with Gasteiger partial charge in [-0.3, -0.25) is 9.78 Å². The topological polar surface area (TPSA) is 91.8 Å². The van der Waals surface area contributed by atoms with E-state index >= 15 is 0 Å². The number of carbonyl (C=O) groups excluding carboxylic acids is 2. The summed E-state index contributed by atoms with van der Waals surface area (Å²) in [4.78, 5) is 28.6. The van der Waals surface area contributed by atoms with Crippen molar-refractivity contribution in [3.63, 3.8) is 0 Å². The lowest BCUT2D eigenvalue weighted by Gasteiger charge is -2.17. The Morgan fingerprint density at radius 2 is 2.37 bits per heavy atom. The fourth-order valence-corrected chi connectivity index (χ4v) is 2.03. The Kier molecular flexibility index (Phi) is 3.84. The SMILES string of the molecule is COC(=O)NC1CCN(C(=O)c2ccncc2O)C1. The molecule has 1 saturated heterocycles. The summed E-state index contributed by atoms with van der Waals surface area (Å²) in [5.74, 6) is -0.411. The Morgan fingerprint density at radius 3 is 3.05 bits per heavy atom. The number of amides is 2. The molecule has 1 aliphatic rings. The molecule has 1 aromatic rings. The zero-order chi connectivity index (χ0) is 13.8. The van der Waals surface area contributed by atoms with Crippen LogP contribution in [0.3, 0.4) is 0 Å². The van der Waals surface area contributed by atoms with Crippen LogP contribution < -0.4 is 5.32 Å². The van der Waals surface area contributed by atoms with Crippen LogP contribution in [0.4, 0.5) is 4.79 Å². The minimum Gasteiger partial charge on any atom is -0.505 e. The molecule has 0 aromatic carbocycles. The third-order valence-corrected chi connectivity index (χ3v) is 3.01. The predicted molar refractivity (Wildman–Crippen MR) is 65.8 cm³/mol. The molecule has 1 atom stereocenters. The fraction of sp³-hybridized carbons (Fsp3) is 0.417. The predicted octanol–water partition coefficient (Wildman–Crippen LogP) is 0.358. The molecule has 1 fully saturated rings. The standard InChI is InChI=1S/C12H15N3O4/c1-19-12(18)14-8-3-5-15(7-8)11(17)9-2-4-13-6-10(9)16/h2,4,6,8,16H,3,5,7H2,1H3,(H,14,18). The van der Waals surface area contributed by atoms with Gasteiger partial charge in [0.05, 0.1) is 24.9 Å². The van der Waals surface area contributed by atoms with Gasteiger partial charge >= 0.3 is 6.09 Å². The molecule has 0 bridgehead atoms. The van der Waals surface area contributed by atoms with Gasteiger partial charge in [0.1, 0.15) is 5.75 Å². The van der Waals surface area contributed by atoms with Gasteiger partial charge in [0.15, 0.2) is 0 Å². The van der Waals surface area contributed by atoms with Crippen LogP contribution in [0.2, 0.25) is 0 Å². The summed E-state index contributed by atoms with van der Waals surface area (Å²) in [6.45, 7) is 0.922. The molecule has 2 N–H and O–H groups in total. The highest BCUT2D eigenvalue weighted by molar-refractivity contribution is 5.96. The highest BCUT2D eigenvalue weighted by Crippen LogP contribution is 2.19. The molecule has 2 amide bonds. The number of rotatable bonds is 2. The Labute approximate surface area is 110 Å². The van der Waals surface area contributed by atoms with Gasteiger partial charge in [-0.25, -0.2) is 4.79 Å². The maximum absolute atomic E-state index is 12.2. The molecular formula is C12H15N3O4. The Morgan fingerprint density at radius 1 is 1.58 bits per heavy atom. The average Bonchev–Trinajstić information content (AvgIpc) is 2.87. The molecule has 102 valence electrons. The zero-order valence-electron chi connectivity index (χ0n) is 10.5. The van der Waals surface area contributed by atoms with Gasteiger partial charge in [-0.2, -0.15) is 0 Å². The van der Waals surface area contributed by atoms with Crippen molar-refractivity contribution < 1.29 is 19.4 Å². The number of methoxy groups -OCH3 is 1. The molecule has 19 heavy (non-hydrogen) atoms. The summed E-state index contributed by atoms with van der Waals surface area (Å²) in [6, 6.07) is 1.35. The van der Waals surface area contributed by atoms with Gasteiger partial charge in [0.25, 0.3) is 5.91 Å². The Bertz CT molecular complexity index is 492. The highest BCUT2D eigenvalue weighted by atomic mass is 16.5. The van der Waals surface area contributed by atoms with Crippen molar-refractivity contribution in [3.8, 4) is 5.75 Å². The van der Waals surface area contributed by atoms with Crippen molar-refractivity contribution >= 4 is 12.0 Å². The number of aromatic nitrogens is 1. The zero-order valence-corrected chi connectivity index (χ0v) is 10.5. The van der Waals surface area contributed by atoms with Crippen LogP contribution in [0, 0.1) is 0 Å². The molecule has 7 nitrogen and oxygen atoms in total. The number of carbonyl (C=O) groups is 2. The number of aromatic hydroxyl groups is 1. The molecule has 1 aromatic heterocycles. The van der Waals surface area contributed by atoms with Crippen LogP contribution >= 0.6 is 0 Å². The number of ether oxygens (including phenoxy) is 1. The van der Waals surface area contributed by atoms with Crippen LogP contribution in [0.15, 0.2) is 18.5 Å². The molecule has 1 unspecified atom stereocenters. The summed E-state index contributed by atoms with van der Waals surface area (Å²) >= 11 is 0. The van der Waals surface area contributed by atoms with Gasteiger partial charge < -0.3 is 20.1 Å². The van der Waals surface area contributed by atoms with E-state index in [2.05, 4.69) is 15.0 Å². The second kappa shape index (κ2) is 5.55. The first-order chi connectivity index (χ1) is 9.11. The minimum atomic E-state index is -0.508. The molecule has 2 heterocycles. The highest BCUT2D eigenvalue weighted by Gasteiger charge is 2.29. The third-order valence-electron chi connectivity index (χ3n) is 3.01. The summed E-state index contributed by atoms with van der Waals surface area (Å²) in [7, 11) is 1.29. The van der Waals surface area contributed by atoms with E-state index in [0.29, 0.717) is 19.5 Å². The van der Waals surface area contributed by atoms with Crippen molar-refractivity contribution in [2.45, 2.75) is 12.5 Å². The normalized spacial score (nSPS) is 18.2. The van der Waals surface area contributed by atoms with E-state index in [1.807, 2.05) is 0 Å². The van der Waals surface area contributed by atoms with Crippen LogP contribution in [0.1, 0.15) is 16.8 Å². The second-order valence-corrected chi connectivity index (χ2v) is 4.27. The number of likely N-dealkylation sites (tertiary alicyclic amines) is 1. The van der Waals surface area contributed by atoms with Gasteiger partial charge in [0.2, 0.25) is 0 Å². The first-order valence-electron chi connectivity index (χ1n) is 5.88. The van der Waals surface area contributed by atoms with Gasteiger partial charge in [0, 0.05) is 19.3 Å².